The quantitative estimate of drug-likeness (QED) is 0.767. The van der Waals surface area contributed by atoms with Crippen LogP contribution in [0.5, 0.6) is 0 Å². The molecule has 0 bridgehead atoms. The van der Waals surface area contributed by atoms with Crippen molar-refractivity contribution in [3.05, 3.63) is 28.8 Å². The first-order valence-electron chi connectivity index (χ1n) is 5.75. The first kappa shape index (κ1) is 12.8. The van der Waals surface area contributed by atoms with Crippen molar-refractivity contribution in [3.8, 4) is 0 Å². The fourth-order valence-electron chi connectivity index (χ4n) is 2.02. The summed E-state index contributed by atoms with van der Waals surface area (Å²) in [6.07, 6.45) is 0. The number of carbonyl (C=O) groups is 1. The van der Waals surface area contributed by atoms with Gasteiger partial charge in [0.1, 0.15) is 0 Å². The Balaban J connectivity index is 2.23. The third-order valence-electron chi connectivity index (χ3n) is 2.94. The summed E-state index contributed by atoms with van der Waals surface area (Å²) in [7, 11) is 0. The maximum Gasteiger partial charge on any atom is 0.159 e. The summed E-state index contributed by atoms with van der Waals surface area (Å²) in [5, 5.41) is 1.31. The Morgan fingerprint density at radius 2 is 2.29 bits per heavy atom. The standard InChI is InChI=1S/C13H16ClNOS/c1-9-8-15(5-6-17-9)13-4-3-11(10(2)16)7-12(13)14/h3-4,7,9H,5-6,8H2,1-2H3. The topological polar surface area (TPSA) is 20.3 Å². The number of thioether (sulfide) groups is 1. The van der Waals surface area contributed by atoms with Crippen molar-refractivity contribution < 1.29 is 4.79 Å². The molecule has 0 radical (unpaired) electrons. The van der Waals surface area contributed by atoms with Crippen LogP contribution in [0.15, 0.2) is 18.2 Å². The van der Waals surface area contributed by atoms with Crippen molar-refractivity contribution in [3.63, 3.8) is 0 Å². The highest BCUT2D eigenvalue weighted by atomic mass is 35.5. The van der Waals surface area contributed by atoms with Crippen LogP contribution in [-0.2, 0) is 0 Å². The number of rotatable bonds is 2. The van der Waals surface area contributed by atoms with E-state index in [0.717, 1.165) is 24.5 Å². The van der Waals surface area contributed by atoms with Crippen molar-refractivity contribution in [1.29, 1.82) is 0 Å². The van der Waals surface area contributed by atoms with Crippen molar-refractivity contribution in [2.75, 3.05) is 23.7 Å². The molecule has 1 aliphatic rings. The van der Waals surface area contributed by atoms with E-state index in [0.29, 0.717) is 15.8 Å². The molecule has 4 heteroatoms. The molecule has 1 aromatic carbocycles. The Hall–Kier alpha value is -0.670. The summed E-state index contributed by atoms with van der Waals surface area (Å²) in [6.45, 7) is 5.83. The molecule has 92 valence electrons. The maximum absolute atomic E-state index is 11.3. The second-order valence-electron chi connectivity index (χ2n) is 4.35. The zero-order chi connectivity index (χ0) is 12.4. The van der Waals surface area contributed by atoms with Gasteiger partial charge in [-0.05, 0) is 25.1 Å². The van der Waals surface area contributed by atoms with Gasteiger partial charge in [0.15, 0.2) is 5.78 Å². The Morgan fingerprint density at radius 3 is 2.88 bits per heavy atom. The number of hydrogen-bond acceptors (Lipinski definition) is 3. The van der Waals surface area contributed by atoms with Gasteiger partial charge in [0.05, 0.1) is 10.7 Å². The largest absolute Gasteiger partial charge is 0.368 e. The molecule has 0 aliphatic carbocycles. The van der Waals surface area contributed by atoms with E-state index in [1.54, 1.807) is 13.0 Å². The molecule has 0 aromatic heterocycles. The predicted molar refractivity (Wildman–Crippen MR) is 75.6 cm³/mol. The van der Waals surface area contributed by atoms with Gasteiger partial charge in [0, 0.05) is 29.7 Å². The van der Waals surface area contributed by atoms with Gasteiger partial charge in [0.2, 0.25) is 0 Å². The summed E-state index contributed by atoms with van der Waals surface area (Å²) in [5.74, 6) is 1.19. The number of anilines is 1. The average molecular weight is 270 g/mol. The van der Waals surface area contributed by atoms with Gasteiger partial charge in [-0.2, -0.15) is 11.8 Å². The molecule has 0 N–H and O–H groups in total. The first-order chi connectivity index (χ1) is 8.08. The summed E-state index contributed by atoms with van der Waals surface area (Å²) >= 11 is 8.25. The van der Waals surface area contributed by atoms with Crippen LogP contribution in [0, 0.1) is 0 Å². The van der Waals surface area contributed by atoms with Gasteiger partial charge in [-0.25, -0.2) is 0 Å². The molecule has 1 unspecified atom stereocenters. The Bertz CT molecular complexity index is 435. The molecule has 1 atom stereocenters. The van der Waals surface area contributed by atoms with Crippen LogP contribution in [-0.4, -0.2) is 29.9 Å². The summed E-state index contributed by atoms with van der Waals surface area (Å²) in [4.78, 5) is 13.6. The van der Waals surface area contributed by atoms with Gasteiger partial charge < -0.3 is 4.90 Å². The molecule has 0 amide bonds. The van der Waals surface area contributed by atoms with Gasteiger partial charge in [-0.1, -0.05) is 18.5 Å². The Kier molecular flexibility index (Phi) is 4.00. The molecule has 2 rings (SSSR count). The van der Waals surface area contributed by atoms with Crippen LogP contribution in [0.2, 0.25) is 5.02 Å². The monoisotopic (exact) mass is 269 g/mol. The van der Waals surface area contributed by atoms with Gasteiger partial charge in [-0.3, -0.25) is 4.79 Å². The lowest BCUT2D eigenvalue weighted by atomic mass is 10.1. The van der Waals surface area contributed by atoms with E-state index in [1.807, 2.05) is 23.9 Å². The maximum atomic E-state index is 11.3. The average Bonchev–Trinajstić information content (AvgIpc) is 2.28. The number of hydrogen-bond donors (Lipinski definition) is 0. The number of ketones is 1. The number of halogens is 1. The second-order valence-corrected chi connectivity index (χ2v) is 6.30. The molecule has 0 saturated carbocycles. The van der Waals surface area contributed by atoms with Gasteiger partial charge >= 0.3 is 0 Å². The zero-order valence-electron chi connectivity index (χ0n) is 10.1. The highest BCUT2D eigenvalue weighted by molar-refractivity contribution is 8.00. The van der Waals surface area contributed by atoms with Gasteiger partial charge in [-0.15, -0.1) is 0 Å². The Labute approximate surface area is 111 Å². The SMILES string of the molecule is CC(=O)c1ccc(N2CCSC(C)C2)c(Cl)c1. The third kappa shape index (κ3) is 2.96. The lowest BCUT2D eigenvalue weighted by molar-refractivity contribution is 0.101. The van der Waals surface area contributed by atoms with Crippen molar-refractivity contribution >= 4 is 34.8 Å². The minimum Gasteiger partial charge on any atom is -0.368 e. The summed E-state index contributed by atoms with van der Waals surface area (Å²) < 4.78 is 0. The van der Waals surface area contributed by atoms with Gasteiger partial charge in [0.25, 0.3) is 0 Å². The second kappa shape index (κ2) is 5.32. The van der Waals surface area contributed by atoms with E-state index in [2.05, 4.69) is 11.8 Å². The lowest BCUT2D eigenvalue weighted by Gasteiger charge is -2.33. The smallest absolute Gasteiger partial charge is 0.159 e. The molecule has 1 heterocycles. The van der Waals surface area contributed by atoms with E-state index < -0.39 is 0 Å². The predicted octanol–water partition coefficient (Wildman–Crippen LogP) is 3.48. The van der Waals surface area contributed by atoms with E-state index in [4.69, 9.17) is 11.6 Å². The molecule has 2 nitrogen and oxygen atoms in total. The van der Waals surface area contributed by atoms with Crippen LogP contribution in [0.3, 0.4) is 0 Å². The molecule has 1 aromatic rings. The highest BCUT2D eigenvalue weighted by Gasteiger charge is 2.19. The Morgan fingerprint density at radius 1 is 1.53 bits per heavy atom. The normalized spacial score (nSPS) is 20.4. The van der Waals surface area contributed by atoms with Crippen molar-refractivity contribution in [2.24, 2.45) is 0 Å². The molecule has 17 heavy (non-hydrogen) atoms. The summed E-state index contributed by atoms with van der Waals surface area (Å²) in [6, 6.07) is 5.59. The van der Waals surface area contributed by atoms with E-state index >= 15 is 0 Å². The highest BCUT2D eigenvalue weighted by Crippen LogP contribution is 2.30. The fourth-order valence-corrected chi connectivity index (χ4v) is 3.33. The number of nitrogens with zero attached hydrogens (tertiary/aromatic N) is 1. The van der Waals surface area contributed by atoms with Crippen LogP contribution >= 0.6 is 23.4 Å². The van der Waals surface area contributed by atoms with Crippen molar-refractivity contribution in [1.82, 2.24) is 0 Å². The summed E-state index contributed by atoms with van der Waals surface area (Å²) in [5.41, 5.74) is 1.72. The van der Waals surface area contributed by atoms with Crippen LogP contribution in [0.1, 0.15) is 24.2 Å². The number of Topliss-reactive ketones (excluding diaryl/α,β-unsaturated/α-hetero) is 1. The van der Waals surface area contributed by atoms with E-state index in [-0.39, 0.29) is 5.78 Å². The minimum absolute atomic E-state index is 0.0565. The number of benzene rings is 1. The molecule has 0 spiro atoms. The minimum atomic E-state index is 0.0565. The van der Waals surface area contributed by atoms with Crippen LogP contribution in [0.4, 0.5) is 5.69 Å². The molecule has 1 aliphatic heterocycles. The molecule has 1 saturated heterocycles. The first-order valence-corrected chi connectivity index (χ1v) is 7.17. The molecule has 1 fully saturated rings. The number of carbonyl (C=O) groups excluding carboxylic acids is 1. The van der Waals surface area contributed by atoms with Crippen LogP contribution in [0.25, 0.3) is 0 Å². The lowest BCUT2D eigenvalue weighted by Crippen LogP contribution is -2.36. The van der Waals surface area contributed by atoms with E-state index in [9.17, 15) is 4.79 Å². The van der Waals surface area contributed by atoms with Crippen molar-refractivity contribution in [2.45, 2.75) is 19.1 Å². The zero-order valence-corrected chi connectivity index (χ0v) is 11.6. The molecular weight excluding hydrogens is 254 g/mol. The van der Waals surface area contributed by atoms with E-state index in [1.165, 1.54) is 0 Å². The third-order valence-corrected chi connectivity index (χ3v) is 4.38. The van der Waals surface area contributed by atoms with Crippen LogP contribution < -0.4 is 4.90 Å². The molecular formula is C13H16ClNOS. The fraction of sp³-hybridized carbons (Fsp3) is 0.462.